The fraction of sp³-hybridized carbons (Fsp3) is 1.00. The zero-order valence-corrected chi connectivity index (χ0v) is 7.19. The van der Waals surface area contributed by atoms with Crippen molar-refractivity contribution >= 4 is 11.1 Å². The molecule has 0 saturated carbocycles. The lowest BCUT2D eigenvalue weighted by Gasteiger charge is -2.08. The molecule has 0 aromatic heterocycles. The summed E-state index contributed by atoms with van der Waals surface area (Å²) in [5.74, 6) is 0.330. The van der Waals surface area contributed by atoms with Crippen LogP contribution in [-0.2, 0) is 11.1 Å². The third-order valence-corrected chi connectivity index (χ3v) is 2.32. The molecule has 4 nitrogen and oxygen atoms in total. The average Bonchev–Trinajstić information content (AvgIpc) is 2.39. The maximum atomic E-state index is 10.2. The second-order valence-electron chi connectivity index (χ2n) is 2.67. The van der Waals surface area contributed by atoms with Gasteiger partial charge in [0.2, 0.25) is 0 Å². The van der Waals surface area contributed by atoms with Crippen LogP contribution >= 0.6 is 0 Å². The highest BCUT2D eigenvalue weighted by Gasteiger charge is 2.12. The van der Waals surface area contributed by atoms with E-state index in [-0.39, 0.29) is 0 Å². The highest BCUT2D eigenvalue weighted by Crippen LogP contribution is 1.95. The quantitative estimate of drug-likeness (QED) is 0.491. The molecule has 1 aliphatic heterocycles. The Bertz CT molecular complexity index is 137. The maximum absolute atomic E-state index is 10.2. The monoisotopic (exact) mass is 178 g/mol. The van der Waals surface area contributed by atoms with E-state index in [2.05, 4.69) is 10.6 Å². The highest BCUT2D eigenvalue weighted by molar-refractivity contribution is 7.79. The van der Waals surface area contributed by atoms with E-state index < -0.39 is 11.1 Å². The molecule has 0 spiro atoms. The van der Waals surface area contributed by atoms with E-state index in [1.807, 2.05) is 0 Å². The number of nitrogens with one attached hydrogen (secondary N) is 2. The zero-order valence-electron chi connectivity index (χ0n) is 6.38. The Kier molecular flexibility index (Phi) is 3.99. The largest absolute Gasteiger partial charge is 0.315 e. The van der Waals surface area contributed by atoms with Crippen LogP contribution in [0.3, 0.4) is 0 Å². The molecule has 5 heteroatoms. The van der Waals surface area contributed by atoms with Crippen molar-refractivity contribution in [3.63, 3.8) is 0 Å². The van der Waals surface area contributed by atoms with Gasteiger partial charge in [0.05, 0.1) is 5.75 Å². The Labute approximate surface area is 69.0 Å². The minimum absolute atomic E-state index is 0.330. The summed E-state index contributed by atoms with van der Waals surface area (Å²) in [4.78, 5) is 0. The Hall–Kier alpha value is 0.0300. The van der Waals surface area contributed by atoms with E-state index in [1.165, 1.54) is 0 Å². The number of hydrogen-bond donors (Lipinski definition) is 3. The van der Waals surface area contributed by atoms with Crippen molar-refractivity contribution in [1.82, 2.24) is 10.6 Å². The molecule has 0 aromatic rings. The Morgan fingerprint density at radius 2 is 2.55 bits per heavy atom. The van der Waals surface area contributed by atoms with E-state index in [1.54, 1.807) is 0 Å². The Balaban J connectivity index is 1.98. The summed E-state index contributed by atoms with van der Waals surface area (Å²) in [6.45, 7) is 2.67. The third-order valence-electron chi connectivity index (χ3n) is 1.77. The van der Waals surface area contributed by atoms with E-state index in [0.717, 1.165) is 19.5 Å². The number of hydrogen-bond acceptors (Lipinski definition) is 3. The summed E-state index contributed by atoms with van der Waals surface area (Å²) < 4.78 is 18.7. The second kappa shape index (κ2) is 4.82. The molecule has 1 heterocycles. The van der Waals surface area contributed by atoms with Gasteiger partial charge in [0.25, 0.3) is 0 Å². The van der Waals surface area contributed by atoms with Gasteiger partial charge in [-0.2, -0.15) is 0 Å². The molecule has 1 rings (SSSR count). The summed E-state index contributed by atoms with van der Waals surface area (Å²) in [7, 11) is 0. The van der Waals surface area contributed by atoms with Crippen LogP contribution in [0.25, 0.3) is 0 Å². The third kappa shape index (κ3) is 3.81. The van der Waals surface area contributed by atoms with Gasteiger partial charge in [0.15, 0.2) is 11.1 Å². The van der Waals surface area contributed by atoms with Crippen LogP contribution in [0.4, 0.5) is 0 Å². The topological polar surface area (TPSA) is 61.4 Å². The summed E-state index contributed by atoms with van der Waals surface area (Å²) in [6, 6.07) is 0.499. The molecule has 2 atom stereocenters. The van der Waals surface area contributed by atoms with Crippen LogP contribution < -0.4 is 10.6 Å². The predicted octanol–water partition coefficient (Wildman–Crippen LogP) is -0.840. The van der Waals surface area contributed by atoms with Gasteiger partial charge in [-0.05, 0) is 13.0 Å². The van der Waals surface area contributed by atoms with Crippen molar-refractivity contribution in [2.75, 3.05) is 25.4 Å². The standard InChI is InChI=1S/C6H14N2O2S/c9-11(10)4-3-8-6-1-2-7-5-6/h6-8H,1-5H2,(H,9,10). The van der Waals surface area contributed by atoms with Crippen LogP contribution in [0.15, 0.2) is 0 Å². The van der Waals surface area contributed by atoms with Crippen LogP contribution in [0.2, 0.25) is 0 Å². The normalized spacial score (nSPS) is 27.2. The lowest BCUT2D eigenvalue weighted by atomic mass is 10.3. The summed E-state index contributed by atoms with van der Waals surface area (Å²) in [5, 5.41) is 6.41. The summed E-state index contributed by atoms with van der Waals surface area (Å²) in [6.07, 6.45) is 1.12. The van der Waals surface area contributed by atoms with Gasteiger partial charge in [0.1, 0.15) is 0 Å². The van der Waals surface area contributed by atoms with Gasteiger partial charge in [-0.3, -0.25) is 0 Å². The first-order valence-electron chi connectivity index (χ1n) is 3.80. The molecular weight excluding hydrogens is 164 g/mol. The molecule has 2 unspecified atom stereocenters. The molecule has 0 bridgehead atoms. The average molecular weight is 178 g/mol. The van der Waals surface area contributed by atoms with Crippen molar-refractivity contribution in [2.24, 2.45) is 0 Å². The smallest absolute Gasteiger partial charge is 0.154 e. The molecule has 1 fully saturated rings. The van der Waals surface area contributed by atoms with Gasteiger partial charge in [-0.25, -0.2) is 4.21 Å². The summed E-state index contributed by atoms with van der Waals surface area (Å²) in [5.41, 5.74) is 0. The fourth-order valence-corrected chi connectivity index (χ4v) is 1.47. The SMILES string of the molecule is O=S(O)CCNC1CCNC1. The minimum atomic E-state index is -1.65. The summed E-state index contributed by atoms with van der Waals surface area (Å²) >= 11 is -1.65. The van der Waals surface area contributed by atoms with Crippen molar-refractivity contribution in [2.45, 2.75) is 12.5 Å². The lowest BCUT2D eigenvalue weighted by Crippen LogP contribution is -2.33. The van der Waals surface area contributed by atoms with Gasteiger partial charge >= 0.3 is 0 Å². The molecule has 3 N–H and O–H groups in total. The first kappa shape index (κ1) is 9.12. The van der Waals surface area contributed by atoms with Gasteiger partial charge in [-0.1, -0.05) is 0 Å². The van der Waals surface area contributed by atoms with E-state index in [4.69, 9.17) is 4.55 Å². The highest BCUT2D eigenvalue weighted by atomic mass is 32.2. The molecule has 0 radical (unpaired) electrons. The molecule has 0 aliphatic carbocycles. The predicted molar refractivity (Wildman–Crippen MR) is 44.9 cm³/mol. The van der Waals surface area contributed by atoms with Gasteiger partial charge in [0, 0.05) is 19.1 Å². The fourth-order valence-electron chi connectivity index (χ4n) is 1.18. The molecule has 11 heavy (non-hydrogen) atoms. The van der Waals surface area contributed by atoms with Crippen LogP contribution in [-0.4, -0.2) is 40.2 Å². The van der Waals surface area contributed by atoms with Crippen LogP contribution in [0, 0.1) is 0 Å². The maximum Gasteiger partial charge on any atom is 0.154 e. The minimum Gasteiger partial charge on any atom is -0.315 e. The zero-order chi connectivity index (χ0) is 8.10. The van der Waals surface area contributed by atoms with Crippen molar-refractivity contribution in [3.8, 4) is 0 Å². The number of rotatable bonds is 4. The molecule has 0 aromatic carbocycles. The van der Waals surface area contributed by atoms with Crippen molar-refractivity contribution < 1.29 is 8.76 Å². The van der Waals surface area contributed by atoms with E-state index in [0.29, 0.717) is 18.3 Å². The Morgan fingerprint density at radius 1 is 1.73 bits per heavy atom. The molecule has 0 amide bonds. The van der Waals surface area contributed by atoms with Crippen LogP contribution in [0.5, 0.6) is 0 Å². The van der Waals surface area contributed by atoms with Crippen LogP contribution in [0.1, 0.15) is 6.42 Å². The molecule has 1 saturated heterocycles. The van der Waals surface area contributed by atoms with E-state index in [9.17, 15) is 4.21 Å². The Morgan fingerprint density at radius 3 is 3.09 bits per heavy atom. The van der Waals surface area contributed by atoms with Gasteiger partial charge < -0.3 is 15.2 Å². The first-order chi connectivity index (χ1) is 5.29. The van der Waals surface area contributed by atoms with E-state index >= 15 is 0 Å². The molecule has 1 aliphatic rings. The molecular formula is C6H14N2O2S. The first-order valence-corrected chi connectivity index (χ1v) is 5.08. The molecule has 66 valence electrons. The van der Waals surface area contributed by atoms with Crippen molar-refractivity contribution in [3.05, 3.63) is 0 Å². The van der Waals surface area contributed by atoms with Crippen molar-refractivity contribution in [1.29, 1.82) is 0 Å². The lowest BCUT2D eigenvalue weighted by molar-refractivity contribution is 0.541. The second-order valence-corrected chi connectivity index (χ2v) is 3.72. The van der Waals surface area contributed by atoms with Gasteiger partial charge in [-0.15, -0.1) is 0 Å².